The van der Waals surface area contributed by atoms with Gasteiger partial charge in [-0.05, 0) is 29.8 Å². The average Bonchev–Trinajstić information content (AvgIpc) is 2.69. The summed E-state index contributed by atoms with van der Waals surface area (Å²) < 4.78 is 30.9. The molecule has 1 N–H and O–H groups in total. The molecule has 8 heteroatoms. The Balaban J connectivity index is 1.78. The highest BCUT2D eigenvalue weighted by Crippen LogP contribution is 2.26. The van der Waals surface area contributed by atoms with Crippen molar-refractivity contribution in [2.24, 2.45) is 0 Å². The van der Waals surface area contributed by atoms with E-state index in [9.17, 15) is 13.2 Å². The number of hydrogen-bond donors (Lipinski definition) is 1. The number of fused-ring (bicyclic) bond motifs is 1. The molecule has 3 rings (SSSR count). The summed E-state index contributed by atoms with van der Waals surface area (Å²) in [7, 11) is -2.10. The summed E-state index contributed by atoms with van der Waals surface area (Å²) in [4.78, 5) is 16.7. The Hall–Kier alpha value is -3.13. The van der Waals surface area contributed by atoms with Crippen LogP contribution < -0.4 is 14.4 Å². The summed E-state index contributed by atoms with van der Waals surface area (Å²) in [5.41, 5.74) is 1.78. The van der Waals surface area contributed by atoms with Crippen molar-refractivity contribution in [2.75, 3.05) is 24.2 Å². The summed E-state index contributed by atoms with van der Waals surface area (Å²) in [6.45, 7) is -0.0428. The molecule has 3 aromatic rings. The Labute approximate surface area is 164 Å². The van der Waals surface area contributed by atoms with E-state index in [0.717, 1.165) is 27.3 Å². The first-order valence-electron chi connectivity index (χ1n) is 8.59. The highest BCUT2D eigenvalue weighted by molar-refractivity contribution is 7.92. The second-order valence-corrected chi connectivity index (χ2v) is 8.15. The zero-order valence-electron chi connectivity index (χ0n) is 15.6. The Morgan fingerprint density at radius 2 is 1.82 bits per heavy atom. The SMILES string of the molecule is COc1ccc(CNC(=O)CN(c2cccc3cccnc23)S(C)(=O)=O)cc1. The van der Waals surface area contributed by atoms with Gasteiger partial charge in [0.25, 0.3) is 0 Å². The molecule has 1 heterocycles. The van der Waals surface area contributed by atoms with Crippen LogP contribution in [0, 0.1) is 0 Å². The normalized spacial score (nSPS) is 11.2. The predicted molar refractivity (Wildman–Crippen MR) is 109 cm³/mol. The maximum Gasteiger partial charge on any atom is 0.241 e. The maximum atomic E-state index is 12.4. The van der Waals surface area contributed by atoms with E-state index in [1.165, 1.54) is 0 Å². The molecule has 0 aliphatic heterocycles. The monoisotopic (exact) mass is 399 g/mol. The molecule has 7 nitrogen and oxygen atoms in total. The number of methoxy groups -OCH3 is 1. The minimum absolute atomic E-state index is 0.286. The van der Waals surface area contributed by atoms with Gasteiger partial charge in [-0.3, -0.25) is 14.1 Å². The summed E-state index contributed by atoms with van der Waals surface area (Å²) in [5.74, 6) is 0.316. The number of anilines is 1. The predicted octanol–water partition coefficient (Wildman–Crippen LogP) is 2.33. The second-order valence-electron chi connectivity index (χ2n) is 6.25. The highest BCUT2D eigenvalue weighted by Gasteiger charge is 2.23. The number of carbonyl (C=O) groups excluding carboxylic acids is 1. The van der Waals surface area contributed by atoms with Gasteiger partial charge in [0.05, 0.1) is 24.6 Å². The van der Waals surface area contributed by atoms with Crippen molar-refractivity contribution in [1.29, 1.82) is 0 Å². The van der Waals surface area contributed by atoms with Crippen molar-refractivity contribution < 1.29 is 17.9 Å². The van der Waals surface area contributed by atoms with Crippen LogP contribution in [0.2, 0.25) is 0 Å². The summed E-state index contributed by atoms with van der Waals surface area (Å²) in [6.07, 6.45) is 2.67. The highest BCUT2D eigenvalue weighted by atomic mass is 32.2. The number of hydrogen-bond acceptors (Lipinski definition) is 5. The lowest BCUT2D eigenvalue weighted by Gasteiger charge is -2.23. The second kappa shape index (κ2) is 8.26. The van der Waals surface area contributed by atoms with Gasteiger partial charge in [-0.25, -0.2) is 8.42 Å². The molecule has 0 bridgehead atoms. The molecule has 0 saturated carbocycles. The molecule has 28 heavy (non-hydrogen) atoms. The van der Waals surface area contributed by atoms with Crippen molar-refractivity contribution in [3.63, 3.8) is 0 Å². The van der Waals surface area contributed by atoms with Crippen LogP contribution in [-0.4, -0.2) is 39.2 Å². The third-order valence-corrected chi connectivity index (χ3v) is 5.34. The van der Waals surface area contributed by atoms with Crippen LogP contribution in [0.5, 0.6) is 5.75 Å². The first kappa shape index (κ1) is 19.6. The van der Waals surface area contributed by atoms with E-state index in [4.69, 9.17) is 4.74 Å². The van der Waals surface area contributed by atoms with Gasteiger partial charge in [-0.1, -0.05) is 30.3 Å². The van der Waals surface area contributed by atoms with Gasteiger partial charge in [-0.2, -0.15) is 0 Å². The molecular formula is C20H21N3O4S. The van der Waals surface area contributed by atoms with E-state index in [-0.39, 0.29) is 13.1 Å². The van der Waals surface area contributed by atoms with E-state index in [1.54, 1.807) is 43.6 Å². The molecule has 0 aliphatic carbocycles. The number of pyridine rings is 1. The zero-order valence-corrected chi connectivity index (χ0v) is 16.4. The van der Waals surface area contributed by atoms with Crippen molar-refractivity contribution in [2.45, 2.75) is 6.54 Å². The molecule has 0 unspecified atom stereocenters. The molecule has 0 radical (unpaired) electrons. The molecule has 2 aromatic carbocycles. The number of nitrogens with zero attached hydrogens (tertiary/aromatic N) is 2. The first-order chi connectivity index (χ1) is 13.4. The quantitative estimate of drug-likeness (QED) is 0.659. The number of aromatic nitrogens is 1. The van der Waals surface area contributed by atoms with Crippen LogP contribution >= 0.6 is 0 Å². The number of sulfonamides is 1. The lowest BCUT2D eigenvalue weighted by atomic mass is 10.2. The topological polar surface area (TPSA) is 88.6 Å². The van der Waals surface area contributed by atoms with E-state index in [2.05, 4.69) is 10.3 Å². The maximum absolute atomic E-state index is 12.4. The van der Waals surface area contributed by atoms with Crippen molar-refractivity contribution >= 4 is 32.5 Å². The Morgan fingerprint density at radius 3 is 2.50 bits per heavy atom. The smallest absolute Gasteiger partial charge is 0.241 e. The number of para-hydroxylation sites is 1. The van der Waals surface area contributed by atoms with E-state index in [1.807, 2.05) is 24.3 Å². The van der Waals surface area contributed by atoms with Crippen molar-refractivity contribution in [3.05, 3.63) is 66.4 Å². The van der Waals surface area contributed by atoms with Crippen molar-refractivity contribution in [1.82, 2.24) is 10.3 Å². The number of benzene rings is 2. The average molecular weight is 399 g/mol. The lowest BCUT2D eigenvalue weighted by Crippen LogP contribution is -2.40. The summed E-state index contributed by atoms with van der Waals surface area (Å²) in [5, 5.41) is 3.55. The number of nitrogens with one attached hydrogen (secondary N) is 1. The number of ether oxygens (including phenoxy) is 1. The summed E-state index contributed by atoms with van der Waals surface area (Å²) in [6, 6.07) is 16.1. The Bertz CT molecular complexity index is 1080. The molecular weight excluding hydrogens is 378 g/mol. The fourth-order valence-corrected chi connectivity index (χ4v) is 3.66. The van der Waals surface area contributed by atoms with E-state index < -0.39 is 15.9 Å². The van der Waals surface area contributed by atoms with Gasteiger partial charge in [0, 0.05) is 18.1 Å². The van der Waals surface area contributed by atoms with Gasteiger partial charge < -0.3 is 10.1 Å². The number of carbonyl (C=O) groups is 1. The molecule has 0 saturated heterocycles. The van der Waals surface area contributed by atoms with Gasteiger partial charge in [0.15, 0.2) is 0 Å². The van der Waals surface area contributed by atoms with Crippen LogP contribution in [0.1, 0.15) is 5.56 Å². The van der Waals surface area contributed by atoms with Crippen LogP contribution in [0.3, 0.4) is 0 Å². The molecule has 0 atom stereocenters. The van der Waals surface area contributed by atoms with E-state index >= 15 is 0 Å². The summed E-state index contributed by atoms with van der Waals surface area (Å²) >= 11 is 0. The third kappa shape index (κ3) is 4.58. The van der Waals surface area contributed by atoms with Gasteiger partial charge in [-0.15, -0.1) is 0 Å². The Morgan fingerprint density at radius 1 is 1.11 bits per heavy atom. The van der Waals surface area contributed by atoms with Gasteiger partial charge in [0.2, 0.25) is 15.9 Å². The minimum Gasteiger partial charge on any atom is -0.497 e. The molecule has 0 fully saturated rings. The fourth-order valence-electron chi connectivity index (χ4n) is 2.80. The third-order valence-electron chi connectivity index (χ3n) is 4.22. The van der Waals surface area contributed by atoms with Crippen molar-refractivity contribution in [3.8, 4) is 5.75 Å². The zero-order chi connectivity index (χ0) is 20.1. The molecule has 1 amide bonds. The van der Waals surface area contributed by atoms with Crippen LogP contribution in [0.15, 0.2) is 60.8 Å². The molecule has 1 aromatic heterocycles. The number of rotatable bonds is 7. The van der Waals surface area contributed by atoms with Crippen LogP contribution in [0.25, 0.3) is 10.9 Å². The minimum atomic E-state index is -3.68. The molecule has 146 valence electrons. The van der Waals surface area contributed by atoms with Gasteiger partial charge in [0.1, 0.15) is 12.3 Å². The fraction of sp³-hybridized carbons (Fsp3) is 0.200. The van der Waals surface area contributed by atoms with Crippen LogP contribution in [-0.2, 0) is 21.4 Å². The Kier molecular flexibility index (Phi) is 5.79. The molecule has 0 spiro atoms. The lowest BCUT2D eigenvalue weighted by molar-refractivity contribution is -0.119. The largest absolute Gasteiger partial charge is 0.497 e. The molecule has 0 aliphatic rings. The van der Waals surface area contributed by atoms with Gasteiger partial charge >= 0.3 is 0 Å². The van der Waals surface area contributed by atoms with E-state index in [0.29, 0.717) is 11.2 Å². The first-order valence-corrected chi connectivity index (χ1v) is 10.4. The standard InChI is InChI=1S/C20H21N3O4S/c1-27-17-10-8-15(9-11-17)13-22-19(24)14-23(28(2,25)26)18-7-3-5-16-6-4-12-21-20(16)18/h3-12H,13-14H2,1-2H3,(H,22,24). The number of amides is 1. The van der Waals surface area contributed by atoms with Crippen LogP contribution in [0.4, 0.5) is 5.69 Å².